The van der Waals surface area contributed by atoms with Gasteiger partial charge in [-0.1, -0.05) is 31.7 Å². The molecule has 1 saturated heterocycles. The average molecular weight is 422 g/mol. The fourth-order valence-electron chi connectivity index (χ4n) is 3.44. The van der Waals surface area contributed by atoms with E-state index in [4.69, 9.17) is 4.74 Å². The van der Waals surface area contributed by atoms with Gasteiger partial charge in [0.1, 0.15) is 12.4 Å². The maximum atomic E-state index is 12.8. The van der Waals surface area contributed by atoms with E-state index in [0.29, 0.717) is 29.5 Å². The van der Waals surface area contributed by atoms with Crippen LogP contribution in [0.15, 0.2) is 60.7 Å². The topological polar surface area (TPSA) is 70.7 Å². The molecule has 2 N–H and O–H groups in total. The number of carbonyl (C=O) groups excluding carboxylic acids is 2. The predicted molar refractivity (Wildman–Crippen MR) is 125 cm³/mol. The quantitative estimate of drug-likeness (QED) is 0.613. The van der Waals surface area contributed by atoms with Gasteiger partial charge in [0.25, 0.3) is 5.91 Å². The summed E-state index contributed by atoms with van der Waals surface area (Å²) in [6.45, 7) is 10.0. The van der Waals surface area contributed by atoms with E-state index in [9.17, 15) is 9.59 Å². The lowest BCUT2D eigenvalue weighted by molar-refractivity contribution is -0.114. The van der Waals surface area contributed by atoms with Crippen LogP contribution in [0.2, 0.25) is 0 Å². The van der Waals surface area contributed by atoms with Crippen molar-refractivity contribution in [2.24, 2.45) is 5.92 Å². The molecule has 1 aliphatic rings. The number of ether oxygens (including phenoxy) is 1. The number of amides is 2. The van der Waals surface area contributed by atoms with Crippen LogP contribution in [0.3, 0.4) is 0 Å². The number of anilines is 2. The highest BCUT2D eigenvalue weighted by Crippen LogP contribution is 2.24. The Bertz CT molecular complexity index is 933. The number of nitrogens with one attached hydrogen (secondary N) is 2. The smallest absolute Gasteiger partial charge is 0.253 e. The highest BCUT2D eigenvalue weighted by molar-refractivity contribution is 5.98. The number of hydrogen-bond donors (Lipinski definition) is 2. The fourth-order valence-corrected chi connectivity index (χ4v) is 3.44. The lowest BCUT2D eigenvalue weighted by atomic mass is 9.98. The molecule has 2 aromatic carbocycles. The van der Waals surface area contributed by atoms with Gasteiger partial charge in [-0.15, -0.1) is 0 Å². The summed E-state index contributed by atoms with van der Waals surface area (Å²) in [4.78, 5) is 27.1. The van der Waals surface area contributed by atoms with Crippen molar-refractivity contribution in [2.75, 3.05) is 36.9 Å². The van der Waals surface area contributed by atoms with E-state index in [2.05, 4.69) is 24.1 Å². The van der Waals surface area contributed by atoms with E-state index in [1.165, 1.54) is 0 Å². The summed E-state index contributed by atoms with van der Waals surface area (Å²) in [5, 5.41) is 5.97. The van der Waals surface area contributed by atoms with Crippen molar-refractivity contribution in [3.63, 3.8) is 0 Å². The Balaban J connectivity index is 1.56. The van der Waals surface area contributed by atoms with Gasteiger partial charge in [0.2, 0.25) is 5.91 Å². The first-order valence-electron chi connectivity index (χ1n) is 10.7. The Morgan fingerprint density at radius 1 is 1.13 bits per heavy atom. The summed E-state index contributed by atoms with van der Waals surface area (Å²) in [6, 6.07) is 14.6. The number of rotatable bonds is 8. The molecule has 3 rings (SSSR count). The molecule has 0 unspecified atom stereocenters. The van der Waals surface area contributed by atoms with E-state index in [0.717, 1.165) is 37.2 Å². The average Bonchev–Trinajstić information content (AvgIpc) is 2.77. The van der Waals surface area contributed by atoms with Gasteiger partial charge >= 0.3 is 0 Å². The van der Waals surface area contributed by atoms with Gasteiger partial charge in [-0.2, -0.15) is 0 Å². The van der Waals surface area contributed by atoms with Crippen LogP contribution in [0.5, 0.6) is 5.75 Å². The van der Waals surface area contributed by atoms with Gasteiger partial charge in [-0.25, -0.2) is 0 Å². The SMILES string of the molecule is C=C(C)COc1ccccc1NCC(=O)Nc1cccc(C(=O)N2CCC(C)CC2)c1. The van der Waals surface area contributed by atoms with Crippen molar-refractivity contribution in [3.8, 4) is 5.75 Å². The molecule has 0 radical (unpaired) electrons. The normalized spacial score (nSPS) is 14.1. The van der Waals surface area contributed by atoms with Gasteiger partial charge in [0.05, 0.1) is 12.2 Å². The molecule has 0 aromatic heterocycles. The number of carbonyl (C=O) groups is 2. The van der Waals surface area contributed by atoms with Crippen molar-refractivity contribution in [1.82, 2.24) is 4.90 Å². The molecule has 6 nitrogen and oxygen atoms in total. The number of hydrogen-bond acceptors (Lipinski definition) is 4. The number of para-hydroxylation sites is 2. The van der Waals surface area contributed by atoms with Gasteiger partial charge in [-0.3, -0.25) is 9.59 Å². The summed E-state index contributed by atoms with van der Waals surface area (Å²) in [5.41, 5.74) is 2.86. The second-order valence-corrected chi connectivity index (χ2v) is 8.20. The minimum atomic E-state index is -0.203. The van der Waals surface area contributed by atoms with Crippen LogP contribution in [0.1, 0.15) is 37.0 Å². The van der Waals surface area contributed by atoms with Crippen LogP contribution in [0.25, 0.3) is 0 Å². The highest BCUT2D eigenvalue weighted by Gasteiger charge is 2.21. The van der Waals surface area contributed by atoms with Gasteiger partial charge < -0.3 is 20.3 Å². The molecule has 31 heavy (non-hydrogen) atoms. The van der Waals surface area contributed by atoms with E-state index >= 15 is 0 Å². The fraction of sp³-hybridized carbons (Fsp3) is 0.360. The summed E-state index contributed by atoms with van der Waals surface area (Å²) in [7, 11) is 0. The lowest BCUT2D eigenvalue weighted by Gasteiger charge is -2.30. The molecule has 1 heterocycles. The molecule has 0 saturated carbocycles. The molecule has 6 heteroatoms. The first-order chi connectivity index (χ1) is 14.9. The Labute approximate surface area is 184 Å². The first-order valence-corrected chi connectivity index (χ1v) is 10.7. The number of likely N-dealkylation sites (tertiary alicyclic amines) is 1. The Morgan fingerprint density at radius 2 is 1.87 bits per heavy atom. The van der Waals surface area contributed by atoms with Crippen LogP contribution in [-0.4, -0.2) is 43.0 Å². The van der Waals surface area contributed by atoms with Crippen molar-refractivity contribution >= 4 is 23.2 Å². The van der Waals surface area contributed by atoms with E-state index < -0.39 is 0 Å². The van der Waals surface area contributed by atoms with Crippen LogP contribution < -0.4 is 15.4 Å². The third-order valence-electron chi connectivity index (χ3n) is 5.26. The van der Waals surface area contributed by atoms with Crippen LogP contribution in [-0.2, 0) is 4.79 Å². The molecule has 0 bridgehead atoms. The maximum absolute atomic E-state index is 12.8. The Morgan fingerprint density at radius 3 is 2.61 bits per heavy atom. The molecular weight excluding hydrogens is 390 g/mol. The zero-order chi connectivity index (χ0) is 22.2. The van der Waals surface area contributed by atoms with E-state index in [1.807, 2.05) is 36.1 Å². The highest BCUT2D eigenvalue weighted by atomic mass is 16.5. The third kappa shape index (κ3) is 6.60. The number of benzene rings is 2. The molecule has 2 amide bonds. The standard InChI is InChI=1S/C25H31N3O3/c1-18(2)17-31-23-10-5-4-9-22(23)26-16-24(29)27-21-8-6-7-20(15-21)25(30)28-13-11-19(3)12-14-28/h4-10,15,19,26H,1,11-14,16-17H2,2-3H3,(H,27,29). The van der Waals surface area contributed by atoms with Crippen molar-refractivity contribution in [2.45, 2.75) is 26.7 Å². The summed E-state index contributed by atoms with van der Waals surface area (Å²) in [5.74, 6) is 1.15. The maximum Gasteiger partial charge on any atom is 0.253 e. The minimum absolute atomic E-state index is 0.0183. The summed E-state index contributed by atoms with van der Waals surface area (Å²) in [6.07, 6.45) is 2.07. The number of piperidine rings is 1. The van der Waals surface area contributed by atoms with Gasteiger partial charge in [0.15, 0.2) is 0 Å². The van der Waals surface area contributed by atoms with Crippen molar-refractivity contribution in [3.05, 3.63) is 66.2 Å². The second-order valence-electron chi connectivity index (χ2n) is 8.20. The minimum Gasteiger partial charge on any atom is -0.487 e. The Kier molecular flexibility index (Phi) is 7.70. The molecule has 0 spiro atoms. The van der Waals surface area contributed by atoms with Crippen molar-refractivity contribution in [1.29, 1.82) is 0 Å². The van der Waals surface area contributed by atoms with Gasteiger partial charge in [-0.05, 0) is 61.6 Å². The zero-order valence-corrected chi connectivity index (χ0v) is 18.3. The monoisotopic (exact) mass is 421 g/mol. The molecular formula is C25H31N3O3. The zero-order valence-electron chi connectivity index (χ0n) is 18.3. The molecule has 164 valence electrons. The van der Waals surface area contributed by atoms with E-state index in [-0.39, 0.29) is 18.4 Å². The van der Waals surface area contributed by atoms with Crippen molar-refractivity contribution < 1.29 is 14.3 Å². The van der Waals surface area contributed by atoms with Crippen LogP contribution in [0.4, 0.5) is 11.4 Å². The van der Waals surface area contributed by atoms with Gasteiger partial charge in [0, 0.05) is 24.3 Å². The summed E-state index contributed by atoms with van der Waals surface area (Å²) >= 11 is 0. The Hall–Kier alpha value is -3.28. The van der Waals surface area contributed by atoms with Crippen LogP contribution >= 0.6 is 0 Å². The van der Waals surface area contributed by atoms with E-state index in [1.54, 1.807) is 24.3 Å². The van der Waals surface area contributed by atoms with Crippen LogP contribution in [0, 0.1) is 5.92 Å². The predicted octanol–water partition coefficient (Wildman–Crippen LogP) is 4.56. The third-order valence-corrected chi connectivity index (χ3v) is 5.26. The molecule has 0 aliphatic carbocycles. The second kappa shape index (κ2) is 10.7. The summed E-state index contributed by atoms with van der Waals surface area (Å²) < 4.78 is 5.72. The number of nitrogens with zero attached hydrogens (tertiary/aromatic N) is 1. The molecule has 0 atom stereocenters. The molecule has 2 aromatic rings. The molecule has 1 aliphatic heterocycles. The largest absolute Gasteiger partial charge is 0.487 e. The first kappa shape index (κ1) is 22.4. The lowest BCUT2D eigenvalue weighted by Crippen LogP contribution is -2.37. The molecule has 1 fully saturated rings.